The Morgan fingerprint density at radius 1 is 1.03 bits per heavy atom. The summed E-state index contributed by atoms with van der Waals surface area (Å²) in [6, 6.07) is 4.77. The molecular weight excluding hydrogens is 506 g/mol. The lowest BCUT2D eigenvalue weighted by atomic mass is 9.55. The maximum absolute atomic E-state index is 13.8. The molecule has 200 valence electrons. The lowest BCUT2D eigenvalue weighted by molar-refractivity contribution is -0.000251. The van der Waals surface area contributed by atoms with Crippen molar-refractivity contribution in [1.29, 1.82) is 0 Å². The van der Waals surface area contributed by atoms with Gasteiger partial charge in [-0.25, -0.2) is 8.42 Å². The van der Waals surface area contributed by atoms with Crippen molar-refractivity contribution in [2.24, 2.45) is 23.2 Å². The van der Waals surface area contributed by atoms with E-state index in [2.05, 4.69) is 0 Å². The van der Waals surface area contributed by atoms with Crippen LogP contribution in [0, 0.1) is 23.2 Å². The quantitative estimate of drug-likeness (QED) is 0.582. The van der Waals surface area contributed by atoms with Crippen molar-refractivity contribution in [2.45, 2.75) is 48.8 Å². The summed E-state index contributed by atoms with van der Waals surface area (Å²) in [5, 5.41) is 10.0. The highest BCUT2D eigenvalue weighted by Crippen LogP contribution is 2.79. The number of aliphatic hydroxyl groups excluding tert-OH is 1. The number of hydrogen-bond acceptors (Lipinski definition) is 7. The summed E-state index contributed by atoms with van der Waals surface area (Å²) in [4.78, 5) is 33.8. The van der Waals surface area contributed by atoms with E-state index >= 15 is 0 Å². The van der Waals surface area contributed by atoms with Gasteiger partial charge >= 0.3 is 0 Å². The summed E-state index contributed by atoms with van der Waals surface area (Å²) in [7, 11) is -3.80. The van der Waals surface area contributed by atoms with Crippen LogP contribution in [0.25, 0.3) is 10.9 Å². The standard InChI is InChI=1S/C28H31N3O6S/c32-6-3-31-25(33)22-20-11-19(38(35,36)30-4-7-37-8-5-30)1-2-21(20)29-24(23(22)26(31)34)27-12-16-9-17-10-18(14-27)28(17,13-16)15-27/h1-2,11,16-18,32H,3-10,12-15H2. The normalized spacial score (nSPS) is 35.7. The van der Waals surface area contributed by atoms with Gasteiger partial charge < -0.3 is 9.84 Å². The average Bonchev–Trinajstić information content (AvgIpc) is 3.37. The Labute approximate surface area is 221 Å². The molecule has 2 amide bonds. The van der Waals surface area contributed by atoms with Gasteiger partial charge in [0.1, 0.15) is 0 Å². The molecule has 1 aromatic carbocycles. The van der Waals surface area contributed by atoms with E-state index in [0.717, 1.165) is 35.8 Å². The Kier molecular flexibility index (Phi) is 4.71. The highest BCUT2D eigenvalue weighted by molar-refractivity contribution is 7.89. The van der Waals surface area contributed by atoms with Crippen LogP contribution in [0.3, 0.4) is 0 Å². The number of rotatable bonds is 5. The first-order valence-electron chi connectivity index (χ1n) is 13.8. The molecule has 5 unspecified atom stereocenters. The van der Waals surface area contributed by atoms with Gasteiger partial charge in [0.25, 0.3) is 11.8 Å². The summed E-state index contributed by atoms with van der Waals surface area (Å²) in [6.07, 6.45) is 6.85. The molecule has 5 fully saturated rings. The number of nitrogens with zero attached hydrogens (tertiary/aromatic N) is 3. The van der Waals surface area contributed by atoms with Gasteiger partial charge in [-0.15, -0.1) is 0 Å². The van der Waals surface area contributed by atoms with Gasteiger partial charge in [0.05, 0.1) is 53.6 Å². The third-order valence-electron chi connectivity index (χ3n) is 10.8. The molecule has 4 aliphatic carbocycles. The van der Waals surface area contributed by atoms with Crippen LogP contribution in [-0.2, 0) is 20.2 Å². The lowest BCUT2D eigenvalue weighted by Crippen LogP contribution is -2.42. The van der Waals surface area contributed by atoms with E-state index in [1.165, 1.54) is 29.6 Å². The summed E-state index contributed by atoms with van der Waals surface area (Å²) < 4.78 is 33.6. The van der Waals surface area contributed by atoms with Crippen LogP contribution in [0.1, 0.15) is 64.9 Å². The van der Waals surface area contributed by atoms with Crippen LogP contribution in [0.5, 0.6) is 0 Å². The molecule has 38 heavy (non-hydrogen) atoms. The zero-order chi connectivity index (χ0) is 26.0. The Bertz CT molecular complexity index is 1530. The summed E-state index contributed by atoms with van der Waals surface area (Å²) >= 11 is 0. The fourth-order valence-corrected chi connectivity index (χ4v) is 10.9. The summed E-state index contributed by atoms with van der Waals surface area (Å²) in [6.45, 7) is 0.785. The molecule has 2 aromatic rings. The van der Waals surface area contributed by atoms with Crippen LogP contribution < -0.4 is 0 Å². The smallest absolute Gasteiger partial charge is 0.263 e. The molecule has 3 bridgehead atoms. The first-order chi connectivity index (χ1) is 18.3. The third kappa shape index (κ3) is 2.82. The molecule has 1 N–H and O–H groups in total. The van der Waals surface area contributed by atoms with Crippen LogP contribution in [0.4, 0.5) is 0 Å². The van der Waals surface area contributed by atoms with Crippen LogP contribution in [0.2, 0.25) is 0 Å². The molecule has 10 heteroatoms. The number of β-amino-alcohol motifs (C(OH)–C–C–N with tert-alkyl or cyclic N) is 1. The highest BCUT2D eigenvalue weighted by atomic mass is 32.2. The molecule has 3 heterocycles. The highest BCUT2D eigenvalue weighted by Gasteiger charge is 2.72. The van der Waals surface area contributed by atoms with Crippen molar-refractivity contribution in [2.75, 3.05) is 39.5 Å². The average molecular weight is 538 g/mol. The Hall–Kier alpha value is -2.40. The number of amides is 2. The number of pyridine rings is 1. The molecule has 2 aliphatic heterocycles. The van der Waals surface area contributed by atoms with E-state index in [9.17, 15) is 23.1 Å². The number of morpholine rings is 1. The van der Waals surface area contributed by atoms with Gasteiger partial charge in [-0.2, -0.15) is 4.31 Å². The number of fused-ring (bicyclic) bond motifs is 5. The zero-order valence-corrected chi connectivity index (χ0v) is 22.0. The van der Waals surface area contributed by atoms with E-state index in [0.29, 0.717) is 46.9 Å². The maximum Gasteiger partial charge on any atom is 0.263 e. The largest absolute Gasteiger partial charge is 0.395 e. The van der Waals surface area contributed by atoms with Gasteiger partial charge in [0, 0.05) is 23.9 Å². The summed E-state index contributed by atoms with van der Waals surface area (Å²) in [5.74, 6) is 1.20. The fourth-order valence-electron chi connectivity index (χ4n) is 9.45. The number of carbonyl (C=O) groups is 2. The van der Waals surface area contributed by atoms with Crippen LogP contribution in [0.15, 0.2) is 23.1 Å². The number of benzene rings is 1. The number of hydrogen-bond donors (Lipinski definition) is 1. The van der Waals surface area contributed by atoms with E-state index < -0.39 is 21.8 Å². The number of ether oxygens (including phenoxy) is 1. The van der Waals surface area contributed by atoms with Gasteiger partial charge in [0.15, 0.2) is 0 Å². The monoisotopic (exact) mass is 537 g/mol. The van der Waals surface area contributed by atoms with Crippen molar-refractivity contribution in [3.8, 4) is 0 Å². The Balaban J connectivity index is 1.32. The van der Waals surface area contributed by atoms with Crippen molar-refractivity contribution in [3.05, 3.63) is 35.0 Å². The SMILES string of the molecule is O=C1c2c(C34CC5CC6CC(C3)C6(C5)C4)nc3ccc(S(=O)(=O)N4CCOCC4)cc3c2C(=O)N1CCO. The predicted octanol–water partition coefficient (Wildman–Crippen LogP) is 2.31. The summed E-state index contributed by atoms with van der Waals surface area (Å²) in [5.41, 5.74) is 2.03. The molecule has 0 radical (unpaired) electrons. The minimum absolute atomic E-state index is 0.0824. The number of aliphatic hydroxyl groups is 1. The van der Waals surface area contributed by atoms with Crippen molar-refractivity contribution >= 4 is 32.7 Å². The first-order valence-corrected chi connectivity index (χ1v) is 15.2. The Morgan fingerprint density at radius 2 is 1.82 bits per heavy atom. The van der Waals surface area contributed by atoms with E-state index in [-0.39, 0.29) is 42.1 Å². The minimum atomic E-state index is -3.80. The van der Waals surface area contributed by atoms with Gasteiger partial charge in [-0.1, -0.05) is 0 Å². The Morgan fingerprint density at radius 3 is 2.61 bits per heavy atom. The maximum atomic E-state index is 13.8. The fraction of sp³-hybridized carbons (Fsp3) is 0.607. The van der Waals surface area contributed by atoms with Crippen molar-refractivity contribution in [3.63, 3.8) is 0 Å². The molecule has 1 aromatic heterocycles. The molecule has 4 saturated carbocycles. The second-order valence-corrected chi connectivity index (χ2v) is 14.4. The topological polar surface area (TPSA) is 117 Å². The van der Waals surface area contributed by atoms with Crippen molar-refractivity contribution in [1.82, 2.24) is 14.2 Å². The van der Waals surface area contributed by atoms with Crippen LogP contribution >= 0.6 is 0 Å². The minimum Gasteiger partial charge on any atom is -0.395 e. The molecule has 1 saturated heterocycles. The lowest BCUT2D eigenvalue weighted by Gasteiger charge is -2.49. The second kappa shape index (κ2) is 7.62. The molecule has 6 aliphatic rings. The zero-order valence-electron chi connectivity index (χ0n) is 21.2. The molecule has 9 nitrogen and oxygen atoms in total. The number of sulfonamides is 1. The first kappa shape index (κ1) is 23.5. The van der Waals surface area contributed by atoms with Gasteiger partial charge in [0.2, 0.25) is 10.0 Å². The molecular formula is C28H31N3O6S. The third-order valence-corrected chi connectivity index (χ3v) is 12.7. The number of aromatic nitrogens is 1. The number of carbonyl (C=O) groups excluding carboxylic acids is 2. The van der Waals surface area contributed by atoms with E-state index in [1.54, 1.807) is 12.1 Å². The van der Waals surface area contributed by atoms with E-state index in [4.69, 9.17) is 9.72 Å². The molecule has 1 spiro atoms. The number of imide groups is 1. The molecule has 8 rings (SSSR count). The van der Waals surface area contributed by atoms with Gasteiger partial charge in [-0.05, 0) is 79.9 Å². The predicted molar refractivity (Wildman–Crippen MR) is 136 cm³/mol. The van der Waals surface area contributed by atoms with Gasteiger partial charge in [-0.3, -0.25) is 19.5 Å². The van der Waals surface area contributed by atoms with Crippen LogP contribution in [-0.4, -0.2) is 79.0 Å². The van der Waals surface area contributed by atoms with Crippen molar-refractivity contribution < 1.29 is 27.9 Å². The second-order valence-electron chi connectivity index (χ2n) is 12.4. The molecule has 5 atom stereocenters. The van der Waals surface area contributed by atoms with E-state index in [1.807, 2.05) is 0 Å².